The minimum atomic E-state index is 0.498. The van der Waals surface area contributed by atoms with Crippen molar-refractivity contribution < 1.29 is 4.74 Å². The third-order valence-electron chi connectivity index (χ3n) is 2.93. The molecular weight excluding hydrogens is 252 g/mol. The van der Waals surface area contributed by atoms with Crippen LogP contribution in [0.5, 0.6) is 5.75 Å². The first kappa shape index (κ1) is 11.0. The van der Waals surface area contributed by atoms with Crippen molar-refractivity contribution in [1.29, 1.82) is 0 Å². The second kappa shape index (κ2) is 4.56. The first-order valence-electron chi connectivity index (χ1n) is 5.62. The van der Waals surface area contributed by atoms with Crippen molar-refractivity contribution in [3.8, 4) is 5.75 Å². The predicted molar refractivity (Wildman–Crippen MR) is 66.8 cm³/mol. The first-order chi connectivity index (χ1) is 7.22. The lowest BCUT2D eigenvalue weighted by molar-refractivity contribution is 0.317. The van der Waals surface area contributed by atoms with Gasteiger partial charge in [-0.1, -0.05) is 35.8 Å². The number of fused-ring (bicyclic) bond motifs is 1. The molecule has 1 aliphatic carbocycles. The van der Waals surface area contributed by atoms with Crippen LogP contribution in [0.3, 0.4) is 0 Å². The molecule has 0 fully saturated rings. The monoisotopic (exact) mass is 268 g/mol. The lowest BCUT2D eigenvalue weighted by Crippen LogP contribution is -1.96. The highest BCUT2D eigenvalue weighted by Gasteiger charge is 2.27. The summed E-state index contributed by atoms with van der Waals surface area (Å²) < 4.78 is 5.64. The number of halogens is 1. The van der Waals surface area contributed by atoms with Crippen LogP contribution in [0.2, 0.25) is 0 Å². The molecule has 1 aromatic rings. The number of hydrogen-bond donors (Lipinski definition) is 0. The Kier molecular flexibility index (Phi) is 3.35. The normalized spacial score (nSPS) is 23.9. The van der Waals surface area contributed by atoms with Crippen LogP contribution in [-0.2, 0) is 6.42 Å². The van der Waals surface area contributed by atoms with Crippen molar-refractivity contribution in [3.05, 3.63) is 29.3 Å². The first-order valence-corrected chi connectivity index (χ1v) is 6.53. The zero-order valence-corrected chi connectivity index (χ0v) is 10.9. The van der Waals surface area contributed by atoms with Crippen LogP contribution >= 0.6 is 15.9 Å². The molecule has 0 aromatic heterocycles. The summed E-state index contributed by atoms with van der Waals surface area (Å²) in [6.45, 7) is 5.22. The van der Waals surface area contributed by atoms with Gasteiger partial charge in [-0.25, -0.2) is 0 Å². The molecule has 82 valence electrons. The van der Waals surface area contributed by atoms with Gasteiger partial charge in [-0.05, 0) is 42.0 Å². The van der Waals surface area contributed by atoms with E-state index in [0.29, 0.717) is 10.7 Å². The number of alkyl halides is 1. The van der Waals surface area contributed by atoms with Crippen LogP contribution in [-0.4, -0.2) is 6.61 Å². The van der Waals surface area contributed by atoms with Crippen LogP contribution < -0.4 is 4.74 Å². The SMILES string of the molecule is CCCOc1ccc2c(c1)C(Br)C(C)C2. The molecule has 0 N–H and O–H groups in total. The van der Waals surface area contributed by atoms with Gasteiger partial charge in [0.25, 0.3) is 0 Å². The minimum Gasteiger partial charge on any atom is -0.494 e. The van der Waals surface area contributed by atoms with Crippen LogP contribution in [0, 0.1) is 5.92 Å². The molecule has 0 saturated heterocycles. The lowest BCUT2D eigenvalue weighted by atomic mass is 10.1. The second-order valence-electron chi connectivity index (χ2n) is 4.29. The Morgan fingerprint density at radius 3 is 3.00 bits per heavy atom. The van der Waals surface area contributed by atoms with E-state index in [4.69, 9.17) is 4.74 Å². The highest BCUT2D eigenvalue weighted by Crippen LogP contribution is 2.43. The largest absolute Gasteiger partial charge is 0.494 e. The van der Waals surface area contributed by atoms with Gasteiger partial charge in [0.15, 0.2) is 0 Å². The van der Waals surface area contributed by atoms with E-state index in [9.17, 15) is 0 Å². The molecule has 15 heavy (non-hydrogen) atoms. The van der Waals surface area contributed by atoms with E-state index in [1.54, 1.807) is 0 Å². The molecule has 1 nitrogen and oxygen atoms in total. The number of hydrogen-bond acceptors (Lipinski definition) is 1. The number of benzene rings is 1. The molecule has 2 atom stereocenters. The van der Waals surface area contributed by atoms with Gasteiger partial charge in [0.1, 0.15) is 5.75 Å². The van der Waals surface area contributed by atoms with Crippen molar-refractivity contribution in [2.24, 2.45) is 5.92 Å². The Hall–Kier alpha value is -0.500. The highest BCUT2D eigenvalue weighted by atomic mass is 79.9. The van der Waals surface area contributed by atoms with E-state index in [1.807, 2.05) is 0 Å². The summed E-state index contributed by atoms with van der Waals surface area (Å²) in [6.07, 6.45) is 2.24. The van der Waals surface area contributed by atoms with Crippen molar-refractivity contribution in [2.75, 3.05) is 6.61 Å². The fourth-order valence-electron chi connectivity index (χ4n) is 2.08. The Morgan fingerprint density at radius 2 is 2.27 bits per heavy atom. The van der Waals surface area contributed by atoms with Gasteiger partial charge in [-0.15, -0.1) is 0 Å². The summed E-state index contributed by atoms with van der Waals surface area (Å²) in [6, 6.07) is 6.48. The zero-order chi connectivity index (χ0) is 10.8. The van der Waals surface area contributed by atoms with Crippen molar-refractivity contribution in [2.45, 2.75) is 31.5 Å². The van der Waals surface area contributed by atoms with E-state index < -0.39 is 0 Å². The molecule has 1 aromatic carbocycles. The molecule has 2 heteroatoms. The smallest absolute Gasteiger partial charge is 0.119 e. The molecule has 0 aliphatic heterocycles. The van der Waals surface area contributed by atoms with E-state index in [0.717, 1.165) is 18.8 Å². The molecule has 0 radical (unpaired) electrons. The van der Waals surface area contributed by atoms with Gasteiger partial charge in [0.05, 0.1) is 6.61 Å². The average Bonchev–Trinajstić information content (AvgIpc) is 2.52. The second-order valence-corrected chi connectivity index (χ2v) is 5.28. The molecule has 2 unspecified atom stereocenters. The fourth-order valence-corrected chi connectivity index (χ4v) is 2.70. The Morgan fingerprint density at radius 1 is 1.47 bits per heavy atom. The van der Waals surface area contributed by atoms with Gasteiger partial charge in [0.2, 0.25) is 0 Å². The van der Waals surface area contributed by atoms with Crippen molar-refractivity contribution >= 4 is 15.9 Å². The molecule has 0 bridgehead atoms. The maximum atomic E-state index is 5.64. The lowest BCUT2D eigenvalue weighted by Gasteiger charge is -2.09. The molecule has 1 aliphatic rings. The van der Waals surface area contributed by atoms with Gasteiger partial charge in [-0.2, -0.15) is 0 Å². The van der Waals surface area contributed by atoms with E-state index in [2.05, 4.69) is 48.0 Å². The summed E-state index contributed by atoms with van der Waals surface area (Å²) in [7, 11) is 0. The van der Waals surface area contributed by atoms with Crippen LogP contribution in [0.15, 0.2) is 18.2 Å². The van der Waals surface area contributed by atoms with Gasteiger partial charge >= 0.3 is 0 Å². The molecule has 0 amide bonds. The minimum absolute atomic E-state index is 0.498. The van der Waals surface area contributed by atoms with Crippen molar-refractivity contribution in [3.63, 3.8) is 0 Å². The molecule has 0 spiro atoms. The summed E-state index contributed by atoms with van der Waals surface area (Å²) in [5, 5.41) is 0. The van der Waals surface area contributed by atoms with E-state index in [1.165, 1.54) is 17.5 Å². The van der Waals surface area contributed by atoms with Crippen LogP contribution in [0.4, 0.5) is 0 Å². The maximum Gasteiger partial charge on any atom is 0.119 e. The zero-order valence-electron chi connectivity index (χ0n) is 9.29. The summed E-state index contributed by atoms with van der Waals surface area (Å²) in [5.74, 6) is 1.70. The highest BCUT2D eigenvalue weighted by molar-refractivity contribution is 9.09. The van der Waals surface area contributed by atoms with Crippen LogP contribution in [0.1, 0.15) is 36.2 Å². The molecule has 0 saturated carbocycles. The maximum absolute atomic E-state index is 5.64. The van der Waals surface area contributed by atoms with Gasteiger partial charge in [-0.3, -0.25) is 0 Å². The number of ether oxygens (including phenoxy) is 1. The number of rotatable bonds is 3. The van der Waals surface area contributed by atoms with E-state index in [-0.39, 0.29) is 0 Å². The fraction of sp³-hybridized carbons (Fsp3) is 0.538. The third kappa shape index (κ3) is 2.20. The molecule has 2 rings (SSSR count). The third-order valence-corrected chi connectivity index (χ3v) is 4.32. The van der Waals surface area contributed by atoms with Gasteiger partial charge in [0, 0.05) is 4.83 Å². The van der Waals surface area contributed by atoms with Crippen LogP contribution in [0.25, 0.3) is 0 Å². The average molecular weight is 269 g/mol. The predicted octanol–water partition coefficient (Wildman–Crippen LogP) is 4.10. The topological polar surface area (TPSA) is 9.23 Å². The Bertz CT molecular complexity index is 348. The quantitative estimate of drug-likeness (QED) is 0.750. The van der Waals surface area contributed by atoms with E-state index >= 15 is 0 Å². The standard InChI is InChI=1S/C13H17BrO/c1-3-6-15-11-5-4-10-7-9(2)13(14)12(10)8-11/h4-5,8-9,13H,3,6-7H2,1-2H3. The summed E-state index contributed by atoms with van der Waals surface area (Å²) in [4.78, 5) is 0.498. The molecule has 0 heterocycles. The van der Waals surface area contributed by atoms with Gasteiger partial charge < -0.3 is 4.74 Å². The summed E-state index contributed by atoms with van der Waals surface area (Å²) >= 11 is 3.75. The Labute approximate surface area is 100.0 Å². The summed E-state index contributed by atoms with van der Waals surface area (Å²) in [5.41, 5.74) is 2.88. The Balaban J connectivity index is 2.20. The van der Waals surface area contributed by atoms with Crippen molar-refractivity contribution in [1.82, 2.24) is 0 Å². The molecular formula is C13H17BrO.